The summed E-state index contributed by atoms with van der Waals surface area (Å²) >= 11 is 5.89. The van der Waals surface area contributed by atoms with Crippen molar-refractivity contribution in [3.8, 4) is 17.1 Å². The Morgan fingerprint density at radius 3 is 2.44 bits per heavy atom. The summed E-state index contributed by atoms with van der Waals surface area (Å²) in [6.45, 7) is -1.43. The monoisotopic (exact) mass is 496 g/mol. The highest BCUT2D eigenvalue weighted by atomic mass is 35.5. The lowest BCUT2D eigenvalue weighted by atomic mass is 10.2. The molecule has 2 heterocycles. The van der Waals surface area contributed by atoms with Crippen LogP contribution in [0, 0.1) is 5.82 Å². The molecule has 4 rings (SSSR count). The summed E-state index contributed by atoms with van der Waals surface area (Å²) in [5, 5.41) is 18.5. The maximum atomic E-state index is 13.6. The molecule has 0 unspecified atom stereocenters. The van der Waals surface area contributed by atoms with Crippen molar-refractivity contribution in [1.82, 2.24) is 29.1 Å². The molecule has 4 aromatic rings. The molecule has 0 saturated carbocycles. The molecule has 0 aliphatic heterocycles. The number of alkyl halides is 3. The molecule has 178 valence electrons. The number of hydrogen-bond donors (Lipinski definition) is 1. The number of nitrogens with zero attached hydrogens (tertiary/aromatic N) is 6. The molecule has 0 bridgehead atoms. The van der Waals surface area contributed by atoms with Crippen molar-refractivity contribution in [1.29, 1.82) is 0 Å². The molecule has 0 aliphatic carbocycles. The Bertz CT molecular complexity index is 1360. The molecule has 0 spiro atoms. The van der Waals surface area contributed by atoms with Crippen molar-refractivity contribution < 1.29 is 22.7 Å². The molecule has 0 amide bonds. The summed E-state index contributed by atoms with van der Waals surface area (Å²) < 4.78 is 55.3. The van der Waals surface area contributed by atoms with Gasteiger partial charge >= 0.3 is 11.9 Å². The first kappa shape index (κ1) is 23.6. The van der Waals surface area contributed by atoms with Crippen LogP contribution in [-0.2, 0) is 19.7 Å². The lowest BCUT2D eigenvalue weighted by Gasteiger charge is -2.08. The van der Waals surface area contributed by atoms with E-state index in [1.54, 1.807) is 18.2 Å². The van der Waals surface area contributed by atoms with Crippen molar-refractivity contribution >= 4 is 11.6 Å². The number of rotatable bonds is 7. The molecular formula is C21H17ClF4N6O2. The summed E-state index contributed by atoms with van der Waals surface area (Å²) in [5.74, 6) is -0.356. The van der Waals surface area contributed by atoms with E-state index in [1.165, 1.54) is 35.0 Å². The van der Waals surface area contributed by atoms with Crippen molar-refractivity contribution in [3.05, 3.63) is 81.5 Å². The first-order valence-electron chi connectivity index (χ1n) is 9.96. The quantitative estimate of drug-likeness (QED) is 0.395. The maximum absolute atomic E-state index is 13.6. The first-order chi connectivity index (χ1) is 16.1. The molecule has 0 saturated heterocycles. The molecule has 8 nitrogen and oxygen atoms in total. The van der Waals surface area contributed by atoms with Gasteiger partial charge in [0.2, 0.25) is 0 Å². The number of aliphatic hydroxyl groups excluding tert-OH is 1. The smallest absolute Gasteiger partial charge is 0.388 e. The predicted octanol–water partition coefficient (Wildman–Crippen LogP) is 3.58. The van der Waals surface area contributed by atoms with Crippen molar-refractivity contribution in [2.75, 3.05) is 0 Å². The molecule has 1 N–H and O–H groups in total. The molecule has 0 fully saturated rings. The minimum Gasteiger partial charge on any atom is -0.388 e. The topological polar surface area (TPSA) is 90.8 Å². The zero-order valence-electron chi connectivity index (χ0n) is 17.4. The van der Waals surface area contributed by atoms with Gasteiger partial charge in [-0.05, 0) is 42.5 Å². The van der Waals surface area contributed by atoms with E-state index in [-0.39, 0.29) is 24.0 Å². The van der Waals surface area contributed by atoms with E-state index >= 15 is 0 Å². The van der Waals surface area contributed by atoms with E-state index in [1.807, 2.05) is 0 Å². The van der Waals surface area contributed by atoms with E-state index < -0.39 is 37.3 Å². The summed E-state index contributed by atoms with van der Waals surface area (Å²) in [5.41, 5.74) is -0.0914. The fraction of sp³-hybridized carbons (Fsp3) is 0.238. The van der Waals surface area contributed by atoms with E-state index in [4.69, 9.17) is 11.6 Å². The van der Waals surface area contributed by atoms with E-state index in [0.29, 0.717) is 16.3 Å². The van der Waals surface area contributed by atoms with Crippen molar-refractivity contribution in [3.63, 3.8) is 0 Å². The molecule has 2 aromatic heterocycles. The molecule has 13 heteroatoms. The van der Waals surface area contributed by atoms with Crippen LogP contribution in [0.15, 0.2) is 53.3 Å². The van der Waals surface area contributed by atoms with E-state index in [9.17, 15) is 27.5 Å². The van der Waals surface area contributed by atoms with Crippen LogP contribution < -0.4 is 5.69 Å². The molecule has 34 heavy (non-hydrogen) atoms. The highest BCUT2D eigenvalue weighted by Crippen LogP contribution is 2.23. The third-order valence-corrected chi connectivity index (χ3v) is 5.10. The summed E-state index contributed by atoms with van der Waals surface area (Å²) in [6.07, 6.45) is -5.69. The largest absolute Gasteiger partial charge is 0.390 e. The van der Waals surface area contributed by atoms with Gasteiger partial charge < -0.3 is 5.11 Å². The van der Waals surface area contributed by atoms with Crippen LogP contribution in [0.4, 0.5) is 17.6 Å². The number of aliphatic hydroxyl groups is 1. The van der Waals surface area contributed by atoms with Gasteiger partial charge in [0.1, 0.15) is 19.0 Å². The third kappa shape index (κ3) is 5.18. The van der Waals surface area contributed by atoms with E-state index in [0.717, 1.165) is 9.25 Å². The minimum atomic E-state index is -4.47. The van der Waals surface area contributed by atoms with Crippen LogP contribution in [0.25, 0.3) is 17.1 Å². The number of aromatic nitrogens is 6. The van der Waals surface area contributed by atoms with Gasteiger partial charge in [0.15, 0.2) is 17.5 Å². The van der Waals surface area contributed by atoms with Gasteiger partial charge in [0.25, 0.3) is 0 Å². The van der Waals surface area contributed by atoms with Gasteiger partial charge in [-0.1, -0.05) is 17.7 Å². The fourth-order valence-electron chi connectivity index (χ4n) is 3.31. The standard InChI is InChI=1S/C21H17ClF4N6O2/c22-14-6-4-13(5-7-14)19-29-31(20(34)30(19)9-8-21(24,25)26)11-17-27-18(12-33)32(28-17)16-3-1-2-15(23)10-16/h1-7,10,33H,8-9,11-12H2. The number of benzene rings is 2. The van der Waals surface area contributed by atoms with Crippen LogP contribution in [0.1, 0.15) is 18.1 Å². The Balaban J connectivity index is 1.72. The second-order valence-electron chi connectivity index (χ2n) is 7.28. The highest BCUT2D eigenvalue weighted by molar-refractivity contribution is 6.30. The average Bonchev–Trinajstić information content (AvgIpc) is 3.33. The zero-order chi connectivity index (χ0) is 24.5. The Hall–Kier alpha value is -3.51. The lowest BCUT2D eigenvalue weighted by Crippen LogP contribution is -2.27. The second-order valence-corrected chi connectivity index (χ2v) is 7.72. The molecular weight excluding hydrogens is 480 g/mol. The van der Waals surface area contributed by atoms with Crippen molar-refractivity contribution in [2.24, 2.45) is 0 Å². The molecule has 0 aliphatic rings. The Kier molecular flexibility index (Phi) is 6.53. The van der Waals surface area contributed by atoms with Crippen molar-refractivity contribution in [2.45, 2.75) is 32.3 Å². The fourth-order valence-corrected chi connectivity index (χ4v) is 3.43. The van der Waals surface area contributed by atoms with Gasteiger partial charge in [0.05, 0.1) is 12.1 Å². The second kappa shape index (κ2) is 9.39. The Morgan fingerprint density at radius 1 is 1.06 bits per heavy atom. The Morgan fingerprint density at radius 2 is 1.79 bits per heavy atom. The molecule has 2 aromatic carbocycles. The first-order valence-corrected chi connectivity index (χ1v) is 10.3. The predicted molar refractivity (Wildman–Crippen MR) is 114 cm³/mol. The van der Waals surface area contributed by atoms with E-state index in [2.05, 4.69) is 15.2 Å². The minimum absolute atomic E-state index is 0.0258. The van der Waals surface area contributed by atoms with Gasteiger partial charge in [-0.3, -0.25) is 4.57 Å². The highest BCUT2D eigenvalue weighted by Gasteiger charge is 2.28. The normalized spacial score (nSPS) is 11.8. The van der Waals surface area contributed by atoms with Gasteiger partial charge in [-0.25, -0.2) is 23.5 Å². The van der Waals surface area contributed by atoms with Gasteiger partial charge in [0, 0.05) is 17.1 Å². The number of hydrogen-bond acceptors (Lipinski definition) is 5. The average molecular weight is 497 g/mol. The number of halogens is 5. The van der Waals surface area contributed by atoms with Crippen LogP contribution in [0.2, 0.25) is 5.02 Å². The van der Waals surface area contributed by atoms with Crippen LogP contribution in [0.3, 0.4) is 0 Å². The maximum Gasteiger partial charge on any atom is 0.390 e. The Labute approximate surface area is 194 Å². The van der Waals surface area contributed by atoms with Crippen LogP contribution in [-0.4, -0.2) is 40.4 Å². The summed E-state index contributed by atoms with van der Waals surface area (Å²) in [6, 6.07) is 11.6. The van der Waals surface area contributed by atoms with Gasteiger partial charge in [-0.15, -0.1) is 10.2 Å². The third-order valence-electron chi connectivity index (χ3n) is 4.85. The summed E-state index contributed by atoms with van der Waals surface area (Å²) in [7, 11) is 0. The molecule has 0 radical (unpaired) electrons. The summed E-state index contributed by atoms with van der Waals surface area (Å²) in [4.78, 5) is 17.1. The SMILES string of the molecule is O=c1n(Cc2nc(CO)n(-c3cccc(F)c3)n2)nc(-c2ccc(Cl)cc2)n1CCC(F)(F)F. The van der Waals surface area contributed by atoms with Crippen LogP contribution in [0.5, 0.6) is 0 Å². The molecule has 0 atom stereocenters. The van der Waals surface area contributed by atoms with Gasteiger partial charge in [-0.2, -0.15) is 13.2 Å². The lowest BCUT2D eigenvalue weighted by molar-refractivity contribution is -0.136. The zero-order valence-corrected chi connectivity index (χ0v) is 18.1. The van der Waals surface area contributed by atoms with Crippen LogP contribution >= 0.6 is 11.6 Å².